The van der Waals surface area contributed by atoms with Crippen LogP contribution in [0, 0.1) is 0 Å². The predicted octanol–water partition coefficient (Wildman–Crippen LogP) is 1.93. The third-order valence-electron chi connectivity index (χ3n) is 4.43. The molecule has 1 atom stereocenters. The average Bonchev–Trinajstić information content (AvgIpc) is 2.93. The van der Waals surface area contributed by atoms with Gasteiger partial charge in [0.05, 0.1) is 13.2 Å². The number of unbranched alkanes of at least 4 members (excludes halogenated alkanes) is 1. The van der Waals surface area contributed by atoms with Crippen LogP contribution in [-0.4, -0.2) is 63.4 Å². The lowest BCUT2D eigenvalue weighted by Crippen LogP contribution is -2.47. The van der Waals surface area contributed by atoms with Crippen LogP contribution < -0.4 is 0 Å². The average molecular weight is 327 g/mol. The highest BCUT2D eigenvalue weighted by Gasteiger charge is 2.47. The maximum atomic E-state index is 11.0. The number of nitrogens with zero attached hydrogens (tertiary/aromatic N) is 1. The van der Waals surface area contributed by atoms with Gasteiger partial charge in [0, 0.05) is 46.6 Å². The van der Waals surface area contributed by atoms with Crippen LogP contribution >= 0.6 is 0 Å². The third-order valence-corrected chi connectivity index (χ3v) is 4.43. The Balaban J connectivity index is 2.52. The van der Waals surface area contributed by atoms with Gasteiger partial charge in [-0.2, -0.15) is 0 Å². The molecule has 0 bridgehead atoms. The van der Waals surface area contributed by atoms with E-state index in [1.807, 2.05) is 0 Å². The van der Waals surface area contributed by atoms with Crippen molar-refractivity contribution in [2.24, 2.45) is 0 Å². The molecular weight excluding hydrogens is 298 g/mol. The first-order valence-electron chi connectivity index (χ1n) is 8.13. The highest BCUT2D eigenvalue weighted by atomic mass is 16.7. The van der Waals surface area contributed by atoms with E-state index in [9.17, 15) is 9.59 Å². The summed E-state index contributed by atoms with van der Waals surface area (Å²) in [5.74, 6) is -0.786. The van der Waals surface area contributed by atoms with Crippen molar-refractivity contribution >= 4 is 12.3 Å². The summed E-state index contributed by atoms with van der Waals surface area (Å²) < 4.78 is 15.9. The number of rotatable bonds is 11. The Hall–Kier alpha value is -1.24. The number of esters is 1. The van der Waals surface area contributed by atoms with Crippen LogP contribution in [-0.2, 0) is 23.8 Å². The molecule has 0 spiro atoms. The van der Waals surface area contributed by atoms with Crippen LogP contribution in [0.5, 0.6) is 0 Å². The molecule has 1 aliphatic rings. The third kappa shape index (κ3) is 5.71. The highest BCUT2D eigenvalue weighted by molar-refractivity contribution is 5.69. The summed E-state index contributed by atoms with van der Waals surface area (Å²) in [5.41, 5.74) is 0. The van der Waals surface area contributed by atoms with Crippen molar-refractivity contribution in [3.63, 3.8) is 0 Å². The molecule has 0 aromatic rings. The first-order chi connectivity index (χ1) is 11.1. The molecular formula is C17H29NO5. The SMILES string of the molecule is COC(=O)CCC/C=C\C[C@@H]1N(CCC=O)CCC1(OC)OC. The van der Waals surface area contributed by atoms with Crippen molar-refractivity contribution in [2.75, 3.05) is 34.4 Å². The fourth-order valence-electron chi connectivity index (χ4n) is 3.08. The van der Waals surface area contributed by atoms with Crippen LogP contribution in [0.25, 0.3) is 0 Å². The minimum absolute atomic E-state index is 0.0920. The van der Waals surface area contributed by atoms with E-state index in [0.29, 0.717) is 12.8 Å². The molecule has 0 aromatic carbocycles. The van der Waals surface area contributed by atoms with Gasteiger partial charge in [-0.3, -0.25) is 9.69 Å². The van der Waals surface area contributed by atoms with Crippen LogP contribution in [0.2, 0.25) is 0 Å². The number of carbonyl (C=O) groups is 2. The molecule has 132 valence electrons. The van der Waals surface area contributed by atoms with Crippen molar-refractivity contribution in [1.82, 2.24) is 4.90 Å². The minimum Gasteiger partial charge on any atom is -0.469 e. The smallest absolute Gasteiger partial charge is 0.305 e. The van der Waals surface area contributed by atoms with Crippen molar-refractivity contribution in [3.05, 3.63) is 12.2 Å². The topological polar surface area (TPSA) is 65.1 Å². The molecule has 0 unspecified atom stereocenters. The van der Waals surface area contributed by atoms with Gasteiger partial charge in [-0.15, -0.1) is 0 Å². The molecule has 0 aromatic heterocycles. The van der Waals surface area contributed by atoms with Crippen LogP contribution in [0.1, 0.15) is 38.5 Å². The molecule has 6 nitrogen and oxygen atoms in total. The number of hydrogen-bond acceptors (Lipinski definition) is 6. The Morgan fingerprint density at radius 1 is 1.22 bits per heavy atom. The van der Waals surface area contributed by atoms with E-state index in [1.54, 1.807) is 14.2 Å². The number of ether oxygens (including phenoxy) is 3. The second-order valence-electron chi connectivity index (χ2n) is 5.65. The lowest BCUT2D eigenvalue weighted by atomic mass is 10.0. The van der Waals surface area contributed by atoms with Gasteiger partial charge < -0.3 is 19.0 Å². The van der Waals surface area contributed by atoms with Gasteiger partial charge in [-0.25, -0.2) is 0 Å². The molecule has 1 rings (SSSR count). The largest absolute Gasteiger partial charge is 0.469 e. The fourth-order valence-corrected chi connectivity index (χ4v) is 3.08. The van der Waals surface area contributed by atoms with Crippen LogP contribution in [0.3, 0.4) is 0 Å². The first-order valence-corrected chi connectivity index (χ1v) is 8.13. The lowest BCUT2D eigenvalue weighted by molar-refractivity contribution is -0.218. The van der Waals surface area contributed by atoms with Gasteiger partial charge in [0.2, 0.25) is 0 Å². The van der Waals surface area contributed by atoms with Crippen LogP contribution in [0.15, 0.2) is 12.2 Å². The summed E-state index contributed by atoms with van der Waals surface area (Å²) in [5, 5.41) is 0. The molecule has 1 saturated heterocycles. The summed E-state index contributed by atoms with van der Waals surface area (Å²) >= 11 is 0. The zero-order valence-electron chi connectivity index (χ0n) is 14.5. The molecule has 0 radical (unpaired) electrons. The number of aldehydes is 1. The number of carbonyl (C=O) groups excluding carboxylic acids is 2. The zero-order chi connectivity index (χ0) is 17.1. The fraction of sp³-hybridized carbons (Fsp3) is 0.765. The van der Waals surface area contributed by atoms with Gasteiger partial charge in [0.25, 0.3) is 0 Å². The summed E-state index contributed by atoms with van der Waals surface area (Å²) in [4.78, 5) is 23.9. The monoisotopic (exact) mass is 327 g/mol. The van der Waals surface area contributed by atoms with E-state index in [2.05, 4.69) is 21.8 Å². The van der Waals surface area contributed by atoms with E-state index in [1.165, 1.54) is 7.11 Å². The standard InChI is InChI=1S/C17H29NO5/c1-21-16(20)10-7-5-4-6-9-15-17(22-2,23-3)11-13-18(15)12-8-14-19/h4,6,14-15H,5,7-13H2,1-3H3/b6-4-/t15-/m0/s1. The molecule has 0 aliphatic carbocycles. The van der Waals surface area contributed by atoms with Crippen molar-refractivity contribution < 1.29 is 23.8 Å². The molecule has 0 amide bonds. The van der Waals surface area contributed by atoms with Gasteiger partial charge in [-0.05, 0) is 19.3 Å². The summed E-state index contributed by atoms with van der Waals surface area (Å²) in [6.45, 7) is 1.58. The molecule has 0 N–H and O–H groups in total. The Labute approximate surface area is 138 Å². The van der Waals surface area contributed by atoms with Gasteiger partial charge in [0.15, 0.2) is 5.79 Å². The van der Waals surface area contributed by atoms with Crippen molar-refractivity contribution in [1.29, 1.82) is 0 Å². The van der Waals surface area contributed by atoms with Crippen molar-refractivity contribution in [3.8, 4) is 0 Å². The maximum Gasteiger partial charge on any atom is 0.305 e. The molecule has 1 aliphatic heterocycles. The molecule has 23 heavy (non-hydrogen) atoms. The molecule has 1 fully saturated rings. The van der Waals surface area contributed by atoms with E-state index in [0.717, 1.165) is 45.1 Å². The van der Waals surface area contributed by atoms with E-state index >= 15 is 0 Å². The van der Waals surface area contributed by atoms with E-state index < -0.39 is 5.79 Å². The highest BCUT2D eigenvalue weighted by Crippen LogP contribution is 2.34. The molecule has 0 saturated carbocycles. The van der Waals surface area contributed by atoms with E-state index in [-0.39, 0.29) is 12.0 Å². The first kappa shape index (κ1) is 19.8. The Kier molecular flexibility index (Phi) is 9.06. The Morgan fingerprint density at radius 3 is 2.57 bits per heavy atom. The van der Waals surface area contributed by atoms with Gasteiger partial charge in [-0.1, -0.05) is 12.2 Å². The number of methoxy groups -OCH3 is 3. The number of allylic oxidation sites excluding steroid dienone is 1. The Morgan fingerprint density at radius 2 is 1.96 bits per heavy atom. The molecule has 1 heterocycles. The number of hydrogen-bond donors (Lipinski definition) is 0. The van der Waals surface area contributed by atoms with Gasteiger partial charge in [0.1, 0.15) is 6.29 Å². The summed E-state index contributed by atoms with van der Waals surface area (Å²) in [6.07, 6.45) is 9.28. The van der Waals surface area contributed by atoms with Crippen LogP contribution in [0.4, 0.5) is 0 Å². The molecule has 6 heteroatoms. The minimum atomic E-state index is -0.612. The quantitative estimate of drug-likeness (QED) is 0.190. The predicted molar refractivity (Wildman–Crippen MR) is 87.0 cm³/mol. The van der Waals surface area contributed by atoms with Crippen molar-refractivity contribution in [2.45, 2.75) is 50.4 Å². The van der Waals surface area contributed by atoms with E-state index in [4.69, 9.17) is 9.47 Å². The lowest BCUT2D eigenvalue weighted by Gasteiger charge is -2.35. The second-order valence-corrected chi connectivity index (χ2v) is 5.65. The Bertz CT molecular complexity index is 392. The zero-order valence-corrected chi connectivity index (χ0v) is 14.5. The maximum absolute atomic E-state index is 11.0. The summed E-state index contributed by atoms with van der Waals surface area (Å²) in [7, 11) is 4.74. The second kappa shape index (κ2) is 10.5. The normalized spacial score (nSPS) is 20.9. The van der Waals surface area contributed by atoms with Gasteiger partial charge >= 0.3 is 5.97 Å². The summed E-state index contributed by atoms with van der Waals surface area (Å²) in [6, 6.07) is 0.0920. The number of likely N-dealkylation sites (tertiary alicyclic amines) is 1.